The molecule has 1 aliphatic rings. The van der Waals surface area contributed by atoms with Gasteiger partial charge < -0.3 is 5.32 Å². The fourth-order valence-electron chi connectivity index (χ4n) is 3.71. The molecule has 1 aliphatic heterocycles. The van der Waals surface area contributed by atoms with Gasteiger partial charge >= 0.3 is 0 Å². The maximum atomic E-state index is 13.8. The minimum absolute atomic E-state index is 0.112. The molecule has 2 unspecified atom stereocenters. The molecule has 1 aromatic rings. The van der Waals surface area contributed by atoms with Crippen molar-refractivity contribution in [2.24, 2.45) is 5.92 Å². The van der Waals surface area contributed by atoms with Gasteiger partial charge in [0, 0.05) is 6.04 Å². The van der Waals surface area contributed by atoms with E-state index in [-0.39, 0.29) is 5.82 Å². The number of hydrogen-bond acceptors (Lipinski definition) is 2. The van der Waals surface area contributed by atoms with Crippen LogP contribution in [-0.2, 0) is 0 Å². The molecule has 0 aromatic heterocycles. The molecular formula is C18H29FN2. The van der Waals surface area contributed by atoms with Crippen LogP contribution in [0.2, 0.25) is 0 Å². The Morgan fingerprint density at radius 2 is 2.14 bits per heavy atom. The van der Waals surface area contributed by atoms with Crippen molar-refractivity contribution in [2.75, 3.05) is 26.7 Å². The van der Waals surface area contributed by atoms with Crippen LogP contribution in [0.5, 0.6) is 0 Å². The van der Waals surface area contributed by atoms with Crippen molar-refractivity contribution in [3.05, 3.63) is 35.1 Å². The quantitative estimate of drug-likeness (QED) is 0.885. The zero-order valence-corrected chi connectivity index (χ0v) is 13.7. The Morgan fingerprint density at radius 1 is 1.33 bits per heavy atom. The molecule has 2 nitrogen and oxygen atoms in total. The fraction of sp³-hybridized carbons (Fsp3) is 0.667. The highest BCUT2D eigenvalue weighted by Gasteiger charge is 2.31. The van der Waals surface area contributed by atoms with Crippen LogP contribution in [0.3, 0.4) is 0 Å². The molecule has 21 heavy (non-hydrogen) atoms. The summed E-state index contributed by atoms with van der Waals surface area (Å²) in [6, 6.07) is 5.61. The highest BCUT2D eigenvalue weighted by molar-refractivity contribution is 5.30. The molecule has 0 amide bonds. The monoisotopic (exact) mass is 292 g/mol. The third-order valence-corrected chi connectivity index (χ3v) is 4.65. The molecule has 1 saturated heterocycles. The molecule has 0 bridgehead atoms. The molecule has 0 aliphatic carbocycles. The zero-order valence-electron chi connectivity index (χ0n) is 13.7. The summed E-state index contributed by atoms with van der Waals surface area (Å²) in [5, 5.41) is 3.34. The van der Waals surface area contributed by atoms with E-state index in [1.165, 1.54) is 30.4 Å². The van der Waals surface area contributed by atoms with Gasteiger partial charge in [-0.3, -0.25) is 4.90 Å². The number of hydrogen-bond donors (Lipinski definition) is 1. The second-order valence-corrected chi connectivity index (χ2v) is 6.30. The number of aryl methyl sites for hydroxylation is 1. The van der Waals surface area contributed by atoms with E-state index in [0.717, 1.165) is 26.1 Å². The summed E-state index contributed by atoms with van der Waals surface area (Å²) in [4.78, 5) is 2.58. The van der Waals surface area contributed by atoms with Crippen molar-refractivity contribution in [3.63, 3.8) is 0 Å². The summed E-state index contributed by atoms with van der Waals surface area (Å²) >= 11 is 0. The van der Waals surface area contributed by atoms with Gasteiger partial charge in [0.15, 0.2) is 0 Å². The van der Waals surface area contributed by atoms with Crippen molar-refractivity contribution in [3.8, 4) is 0 Å². The fourth-order valence-corrected chi connectivity index (χ4v) is 3.71. The Bertz CT molecular complexity index is 431. The van der Waals surface area contributed by atoms with Crippen LogP contribution in [0, 0.1) is 18.7 Å². The van der Waals surface area contributed by atoms with Gasteiger partial charge in [-0.25, -0.2) is 4.39 Å². The standard InChI is InChI=1S/C18H29FN2/c1-4-10-21-11-6-5-7-15(13-20-3)18(21)17-12-16(19)9-8-14(17)2/h8-9,12,15,18,20H,4-7,10-11,13H2,1-3H3. The minimum atomic E-state index is -0.112. The van der Waals surface area contributed by atoms with Crippen molar-refractivity contribution < 1.29 is 4.39 Å². The first-order valence-corrected chi connectivity index (χ1v) is 8.32. The predicted octanol–water partition coefficient (Wildman–Crippen LogP) is 3.91. The van der Waals surface area contributed by atoms with Crippen LogP contribution >= 0.6 is 0 Å². The third-order valence-electron chi connectivity index (χ3n) is 4.65. The van der Waals surface area contributed by atoms with E-state index in [1.807, 2.05) is 13.1 Å². The van der Waals surface area contributed by atoms with Gasteiger partial charge in [-0.1, -0.05) is 19.4 Å². The zero-order chi connectivity index (χ0) is 15.2. The van der Waals surface area contributed by atoms with Gasteiger partial charge in [-0.2, -0.15) is 0 Å². The number of nitrogens with zero attached hydrogens (tertiary/aromatic N) is 1. The maximum absolute atomic E-state index is 13.8. The van der Waals surface area contributed by atoms with Crippen LogP contribution < -0.4 is 5.32 Å². The van der Waals surface area contributed by atoms with Crippen molar-refractivity contribution in [1.29, 1.82) is 0 Å². The Morgan fingerprint density at radius 3 is 2.86 bits per heavy atom. The van der Waals surface area contributed by atoms with Crippen LogP contribution in [0.1, 0.15) is 49.8 Å². The lowest BCUT2D eigenvalue weighted by molar-refractivity contribution is 0.154. The number of likely N-dealkylation sites (tertiary alicyclic amines) is 1. The maximum Gasteiger partial charge on any atom is 0.123 e. The number of nitrogens with one attached hydrogen (secondary N) is 1. The Balaban J connectivity index is 2.39. The van der Waals surface area contributed by atoms with Gasteiger partial charge in [0.25, 0.3) is 0 Å². The van der Waals surface area contributed by atoms with Crippen LogP contribution in [-0.4, -0.2) is 31.6 Å². The van der Waals surface area contributed by atoms with E-state index in [4.69, 9.17) is 0 Å². The summed E-state index contributed by atoms with van der Waals surface area (Å²) in [5.41, 5.74) is 2.40. The SMILES string of the molecule is CCCN1CCCCC(CNC)C1c1cc(F)ccc1C. The van der Waals surface area contributed by atoms with Crippen molar-refractivity contribution >= 4 is 0 Å². The second-order valence-electron chi connectivity index (χ2n) is 6.30. The van der Waals surface area contributed by atoms with Gasteiger partial charge in [-0.05, 0) is 82.0 Å². The lowest BCUT2D eigenvalue weighted by Crippen LogP contribution is -2.37. The van der Waals surface area contributed by atoms with Gasteiger partial charge in [0.2, 0.25) is 0 Å². The smallest absolute Gasteiger partial charge is 0.123 e. The largest absolute Gasteiger partial charge is 0.319 e. The summed E-state index contributed by atoms with van der Waals surface area (Å²) < 4.78 is 13.8. The molecule has 2 atom stereocenters. The topological polar surface area (TPSA) is 15.3 Å². The van der Waals surface area contributed by atoms with Crippen LogP contribution in [0.15, 0.2) is 18.2 Å². The Labute approximate surface area is 128 Å². The van der Waals surface area contributed by atoms with E-state index in [2.05, 4.69) is 24.1 Å². The summed E-state index contributed by atoms with van der Waals surface area (Å²) in [6.07, 6.45) is 4.90. The molecule has 1 fully saturated rings. The predicted molar refractivity (Wildman–Crippen MR) is 87.0 cm³/mol. The Hall–Kier alpha value is -0.930. The first-order chi connectivity index (χ1) is 10.2. The lowest BCUT2D eigenvalue weighted by Gasteiger charge is -2.36. The van der Waals surface area contributed by atoms with Crippen molar-refractivity contribution in [2.45, 2.75) is 45.6 Å². The summed E-state index contributed by atoms with van der Waals surface area (Å²) in [6.45, 7) is 7.57. The number of benzene rings is 1. The van der Waals surface area contributed by atoms with Crippen molar-refractivity contribution in [1.82, 2.24) is 10.2 Å². The third kappa shape index (κ3) is 4.04. The molecular weight excluding hydrogens is 263 g/mol. The van der Waals surface area contributed by atoms with Gasteiger partial charge in [0.05, 0.1) is 0 Å². The molecule has 2 rings (SSSR count). The molecule has 3 heteroatoms. The molecule has 0 saturated carbocycles. The van der Waals surface area contributed by atoms with E-state index in [9.17, 15) is 4.39 Å². The normalized spacial score (nSPS) is 24.0. The highest BCUT2D eigenvalue weighted by atomic mass is 19.1. The summed E-state index contributed by atoms with van der Waals surface area (Å²) in [5.74, 6) is 0.448. The van der Waals surface area contributed by atoms with Gasteiger partial charge in [0.1, 0.15) is 5.82 Å². The van der Waals surface area contributed by atoms with E-state index in [1.54, 1.807) is 12.1 Å². The average Bonchev–Trinajstić information content (AvgIpc) is 2.65. The molecule has 0 spiro atoms. The number of rotatable bonds is 5. The highest BCUT2D eigenvalue weighted by Crippen LogP contribution is 2.36. The van der Waals surface area contributed by atoms with Crippen LogP contribution in [0.25, 0.3) is 0 Å². The minimum Gasteiger partial charge on any atom is -0.319 e. The molecule has 1 aromatic carbocycles. The molecule has 1 heterocycles. The molecule has 1 N–H and O–H groups in total. The Kier molecular flexibility index (Phi) is 6.19. The molecule has 0 radical (unpaired) electrons. The van der Waals surface area contributed by atoms with Crippen LogP contribution in [0.4, 0.5) is 4.39 Å². The first kappa shape index (κ1) is 16.4. The number of halogens is 1. The summed E-state index contributed by atoms with van der Waals surface area (Å²) in [7, 11) is 2.02. The van der Waals surface area contributed by atoms with E-state index < -0.39 is 0 Å². The van der Waals surface area contributed by atoms with E-state index >= 15 is 0 Å². The molecule has 118 valence electrons. The lowest BCUT2D eigenvalue weighted by atomic mass is 9.86. The van der Waals surface area contributed by atoms with Gasteiger partial charge in [-0.15, -0.1) is 0 Å². The first-order valence-electron chi connectivity index (χ1n) is 8.32. The van der Waals surface area contributed by atoms with E-state index in [0.29, 0.717) is 12.0 Å². The average molecular weight is 292 g/mol. The second kappa shape index (κ2) is 7.90.